The summed E-state index contributed by atoms with van der Waals surface area (Å²) in [6, 6.07) is 14.5. The summed E-state index contributed by atoms with van der Waals surface area (Å²) in [6.45, 7) is 8.63. The van der Waals surface area contributed by atoms with Gasteiger partial charge in [0.15, 0.2) is 0 Å². The molecule has 0 aliphatic rings. The topological polar surface area (TPSA) is 86.7 Å². The third-order valence-electron chi connectivity index (χ3n) is 4.31. The van der Waals surface area contributed by atoms with E-state index in [0.717, 1.165) is 5.56 Å². The smallest absolute Gasteiger partial charge is 0.136 e. The Bertz CT molecular complexity index is 697. The highest BCUT2D eigenvalue weighted by molar-refractivity contribution is 7.90. The van der Waals surface area contributed by atoms with E-state index < -0.39 is 34.4 Å². The summed E-state index contributed by atoms with van der Waals surface area (Å²) in [7, 11) is 0. The lowest BCUT2D eigenvalue weighted by molar-refractivity contribution is -0.0570. The van der Waals surface area contributed by atoms with Crippen LogP contribution in [0.1, 0.15) is 45.1 Å². The van der Waals surface area contributed by atoms with Gasteiger partial charge < -0.3 is 19.1 Å². The number of nitrogens with one attached hydrogen (secondary N) is 1. The summed E-state index contributed by atoms with van der Waals surface area (Å²) in [5.41, 5.74) is 1.54. The van der Waals surface area contributed by atoms with Gasteiger partial charge in [-0.1, -0.05) is 36.4 Å². The molecule has 7 heteroatoms. The van der Waals surface area contributed by atoms with E-state index in [1.165, 1.54) is 0 Å². The minimum Gasteiger partial charge on any atom is -0.598 e. The van der Waals surface area contributed by atoms with Crippen LogP contribution in [0.3, 0.4) is 0 Å². The molecule has 0 amide bonds. The van der Waals surface area contributed by atoms with Crippen LogP contribution in [0.5, 0.6) is 0 Å². The maximum absolute atomic E-state index is 12.8. The van der Waals surface area contributed by atoms with Crippen molar-refractivity contribution in [1.29, 1.82) is 0 Å². The highest BCUT2D eigenvalue weighted by Gasteiger charge is 2.38. The molecular weight excluding hydrogens is 388 g/mol. The molecule has 1 heterocycles. The van der Waals surface area contributed by atoms with Crippen molar-refractivity contribution in [3.8, 4) is 0 Å². The number of nitrogens with zero attached hydrogens (tertiary/aromatic N) is 1. The van der Waals surface area contributed by atoms with E-state index in [0.29, 0.717) is 18.9 Å². The predicted octanol–water partition coefficient (Wildman–Crippen LogP) is 3.16. The molecule has 0 unspecified atom stereocenters. The summed E-state index contributed by atoms with van der Waals surface area (Å²) in [5.74, 6) is 0. The Hall–Kier alpha value is -1.48. The number of hydrogen-bond donors (Lipinski definition) is 2. The molecule has 2 rings (SSSR count). The maximum atomic E-state index is 12.8. The van der Waals surface area contributed by atoms with Crippen LogP contribution in [-0.4, -0.2) is 44.7 Å². The molecular formula is C22H32N2O4S. The van der Waals surface area contributed by atoms with Crippen molar-refractivity contribution >= 4 is 11.4 Å². The fourth-order valence-corrected chi connectivity index (χ4v) is 3.60. The Morgan fingerprint density at radius 2 is 1.83 bits per heavy atom. The SMILES string of the molecule is CCO[C@H](COCc1ccccc1)[C@H](N[S@+]([O-])C(C)(C)C)[C@@H](O)c1ccccn1. The number of aromatic nitrogens is 1. The Labute approximate surface area is 177 Å². The quantitative estimate of drug-likeness (QED) is 0.543. The molecule has 29 heavy (non-hydrogen) atoms. The second-order valence-electron chi connectivity index (χ2n) is 7.72. The lowest BCUT2D eigenvalue weighted by Crippen LogP contribution is -2.54. The first-order chi connectivity index (χ1) is 13.8. The summed E-state index contributed by atoms with van der Waals surface area (Å²) in [5, 5.41) is 11.0. The molecule has 0 radical (unpaired) electrons. The summed E-state index contributed by atoms with van der Waals surface area (Å²) in [4.78, 5) is 4.25. The van der Waals surface area contributed by atoms with Gasteiger partial charge in [0.25, 0.3) is 0 Å². The standard InChI is InChI=1S/C22H32N2O4S/c1-5-28-19(16-27-15-17-11-7-6-8-12-17)20(24-29(26)22(2,3)4)21(25)18-13-9-10-14-23-18/h6-14,19-21,24-25H,5,15-16H2,1-4H3/t19-,20+,21+,29-/m1/s1. The third-order valence-corrected chi connectivity index (χ3v) is 5.90. The number of pyridine rings is 1. The molecule has 2 aromatic rings. The number of benzene rings is 1. The molecule has 0 aliphatic heterocycles. The van der Waals surface area contributed by atoms with Crippen molar-refractivity contribution in [1.82, 2.24) is 9.71 Å². The van der Waals surface area contributed by atoms with Gasteiger partial charge in [-0.2, -0.15) is 0 Å². The summed E-state index contributed by atoms with van der Waals surface area (Å²) < 4.78 is 27.1. The Balaban J connectivity index is 2.16. The first-order valence-corrected chi connectivity index (χ1v) is 11.0. The number of hydrogen-bond acceptors (Lipinski definition) is 6. The van der Waals surface area contributed by atoms with Gasteiger partial charge in [-0.05, 0) is 45.4 Å². The van der Waals surface area contributed by atoms with Crippen molar-refractivity contribution in [3.05, 3.63) is 66.0 Å². The van der Waals surface area contributed by atoms with E-state index >= 15 is 0 Å². The van der Waals surface area contributed by atoms with Crippen LogP contribution in [0, 0.1) is 0 Å². The van der Waals surface area contributed by atoms with E-state index in [-0.39, 0.29) is 6.61 Å². The van der Waals surface area contributed by atoms with Gasteiger partial charge >= 0.3 is 0 Å². The minimum atomic E-state index is -1.40. The van der Waals surface area contributed by atoms with Crippen molar-refractivity contribution < 1.29 is 19.1 Å². The Morgan fingerprint density at radius 1 is 1.14 bits per heavy atom. The molecule has 160 valence electrons. The fourth-order valence-electron chi connectivity index (χ4n) is 2.72. The Morgan fingerprint density at radius 3 is 2.41 bits per heavy atom. The van der Waals surface area contributed by atoms with Gasteiger partial charge in [0, 0.05) is 24.2 Å². The zero-order chi connectivity index (χ0) is 21.3. The molecule has 0 fully saturated rings. The molecule has 4 atom stereocenters. The summed E-state index contributed by atoms with van der Waals surface area (Å²) >= 11 is -1.40. The van der Waals surface area contributed by atoms with Gasteiger partial charge in [-0.3, -0.25) is 4.98 Å². The molecule has 0 aliphatic carbocycles. The molecule has 1 aromatic carbocycles. The second kappa shape index (κ2) is 11.6. The lowest BCUT2D eigenvalue weighted by Gasteiger charge is -2.34. The minimum absolute atomic E-state index is 0.242. The third kappa shape index (κ3) is 7.70. The van der Waals surface area contributed by atoms with E-state index in [1.807, 2.05) is 64.1 Å². The van der Waals surface area contributed by atoms with Gasteiger partial charge in [0.2, 0.25) is 0 Å². The maximum Gasteiger partial charge on any atom is 0.136 e. The van der Waals surface area contributed by atoms with Crippen LogP contribution >= 0.6 is 0 Å². The van der Waals surface area contributed by atoms with E-state index in [1.54, 1.807) is 18.3 Å². The molecule has 0 saturated heterocycles. The monoisotopic (exact) mass is 420 g/mol. The molecule has 0 bridgehead atoms. The molecule has 1 aromatic heterocycles. The van der Waals surface area contributed by atoms with Crippen molar-refractivity contribution in [2.75, 3.05) is 13.2 Å². The lowest BCUT2D eigenvalue weighted by atomic mass is 10.0. The van der Waals surface area contributed by atoms with E-state index in [4.69, 9.17) is 9.47 Å². The van der Waals surface area contributed by atoms with Crippen LogP contribution in [0.2, 0.25) is 0 Å². The van der Waals surface area contributed by atoms with Gasteiger partial charge in [-0.15, -0.1) is 4.72 Å². The molecule has 6 nitrogen and oxygen atoms in total. The highest BCUT2D eigenvalue weighted by atomic mass is 32.2. The molecule has 0 spiro atoms. The van der Waals surface area contributed by atoms with E-state index in [9.17, 15) is 9.66 Å². The van der Waals surface area contributed by atoms with Crippen molar-refractivity contribution in [3.63, 3.8) is 0 Å². The predicted molar refractivity (Wildman–Crippen MR) is 116 cm³/mol. The highest BCUT2D eigenvalue weighted by Crippen LogP contribution is 2.23. The average Bonchev–Trinajstić information content (AvgIpc) is 2.71. The second-order valence-corrected chi connectivity index (χ2v) is 9.72. The van der Waals surface area contributed by atoms with E-state index in [2.05, 4.69) is 9.71 Å². The number of aliphatic hydroxyl groups is 1. The van der Waals surface area contributed by atoms with Crippen LogP contribution in [-0.2, 0) is 27.4 Å². The summed E-state index contributed by atoms with van der Waals surface area (Å²) in [6.07, 6.45) is 0.115. The largest absolute Gasteiger partial charge is 0.598 e. The van der Waals surface area contributed by atoms with Gasteiger partial charge in [0.05, 0.1) is 18.9 Å². The van der Waals surface area contributed by atoms with Crippen LogP contribution in [0.4, 0.5) is 0 Å². The first kappa shape index (κ1) is 23.8. The fraction of sp³-hybridized carbons (Fsp3) is 0.500. The Kier molecular flexibility index (Phi) is 9.55. The van der Waals surface area contributed by atoms with Crippen molar-refractivity contribution in [2.24, 2.45) is 0 Å². The number of ether oxygens (including phenoxy) is 2. The van der Waals surface area contributed by atoms with Gasteiger partial charge in [0.1, 0.15) is 23.0 Å². The average molecular weight is 421 g/mol. The first-order valence-electron chi connectivity index (χ1n) is 9.83. The zero-order valence-corrected chi connectivity index (χ0v) is 18.4. The van der Waals surface area contributed by atoms with Crippen molar-refractivity contribution in [2.45, 2.75) is 57.3 Å². The molecule has 2 N–H and O–H groups in total. The number of aliphatic hydroxyl groups excluding tert-OH is 1. The van der Waals surface area contributed by atoms with Crippen LogP contribution < -0.4 is 4.72 Å². The normalized spacial score (nSPS) is 16.2. The zero-order valence-electron chi connectivity index (χ0n) is 17.6. The van der Waals surface area contributed by atoms with Crippen LogP contribution in [0.15, 0.2) is 54.7 Å². The number of rotatable bonds is 11. The van der Waals surface area contributed by atoms with Gasteiger partial charge in [-0.25, -0.2) is 0 Å². The van der Waals surface area contributed by atoms with Crippen LogP contribution in [0.25, 0.3) is 0 Å². The molecule has 0 saturated carbocycles.